The van der Waals surface area contributed by atoms with E-state index in [1.54, 1.807) is 0 Å². The van der Waals surface area contributed by atoms with Gasteiger partial charge in [-0.15, -0.1) is 0 Å². The number of rotatable bonds is 3. The molecular formula is C16H24N2O2. The molecule has 1 aromatic rings. The van der Waals surface area contributed by atoms with E-state index in [1.165, 1.54) is 5.56 Å². The summed E-state index contributed by atoms with van der Waals surface area (Å²) in [5.74, 6) is -0.385. The summed E-state index contributed by atoms with van der Waals surface area (Å²) in [4.78, 5) is 2.36. The second-order valence-corrected chi connectivity index (χ2v) is 5.98. The van der Waals surface area contributed by atoms with Gasteiger partial charge in [0, 0.05) is 31.5 Å². The number of hydrogen-bond donors (Lipinski definition) is 1. The molecule has 1 saturated carbocycles. The molecule has 1 heterocycles. The smallest absolute Gasteiger partial charge is 0.170 e. The van der Waals surface area contributed by atoms with Crippen molar-refractivity contribution in [2.24, 2.45) is 5.73 Å². The maximum atomic E-state index is 6.39. The van der Waals surface area contributed by atoms with E-state index < -0.39 is 0 Å². The Morgan fingerprint density at radius 2 is 1.95 bits per heavy atom. The lowest BCUT2D eigenvalue weighted by Gasteiger charge is -2.43. The van der Waals surface area contributed by atoms with Gasteiger partial charge in [-0.2, -0.15) is 0 Å². The predicted octanol–water partition coefficient (Wildman–Crippen LogP) is 1.74. The average Bonchev–Trinajstić information content (AvgIpc) is 2.88. The first-order valence-electron chi connectivity index (χ1n) is 7.46. The van der Waals surface area contributed by atoms with Crippen molar-refractivity contribution in [2.75, 3.05) is 20.3 Å². The zero-order valence-corrected chi connectivity index (χ0v) is 12.1. The van der Waals surface area contributed by atoms with Gasteiger partial charge in [0.15, 0.2) is 5.79 Å². The van der Waals surface area contributed by atoms with Crippen LogP contribution in [-0.4, -0.2) is 43.0 Å². The van der Waals surface area contributed by atoms with Crippen LogP contribution in [0.2, 0.25) is 0 Å². The van der Waals surface area contributed by atoms with Crippen molar-refractivity contribution in [2.45, 2.75) is 43.7 Å². The summed E-state index contributed by atoms with van der Waals surface area (Å²) in [6.07, 6.45) is 2.78. The molecule has 1 spiro atoms. The second kappa shape index (κ2) is 5.82. The quantitative estimate of drug-likeness (QED) is 0.913. The third kappa shape index (κ3) is 2.88. The fourth-order valence-corrected chi connectivity index (χ4v) is 3.47. The summed E-state index contributed by atoms with van der Waals surface area (Å²) < 4.78 is 11.6. The van der Waals surface area contributed by atoms with Gasteiger partial charge < -0.3 is 15.2 Å². The van der Waals surface area contributed by atoms with Crippen LogP contribution in [0.5, 0.6) is 0 Å². The molecule has 4 heteroatoms. The van der Waals surface area contributed by atoms with E-state index in [4.69, 9.17) is 15.2 Å². The zero-order chi connectivity index (χ0) is 14.0. The number of ether oxygens (including phenoxy) is 2. The van der Waals surface area contributed by atoms with E-state index in [2.05, 4.69) is 36.2 Å². The lowest BCUT2D eigenvalue weighted by molar-refractivity contribution is -0.187. The predicted molar refractivity (Wildman–Crippen MR) is 78.2 cm³/mol. The number of nitrogens with zero attached hydrogens (tertiary/aromatic N) is 1. The van der Waals surface area contributed by atoms with Crippen molar-refractivity contribution >= 4 is 0 Å². The molecule has 3 rings (SSSR count). The molecule has 0 bridgehead atoms. The van der Waals surface area contributed by atoms with Crippen LogP contribution in [0.4, 0.5) is 0 Å². The molecule has 2 fully saturated rings. The molecule has 0 radical (unpaired) electrons. The minimum atomic E-state index is -0.385. The summed E-state index contributed by atoms with van der Waals surface area (Å²) in [7, 11) is 2.16. The molecule has 0 unspecified atom stereocenters. The van der Waals surface area contributed by atoms with Gasteiger partial charge in [-0.3, -0.25) is 4.90 Å². The largest absolute Gasteiger partial charge is 0.347 e. The first-order valence-corrected chi connectivity index (χ1v) is 7.46. The molecule has 2 atom stereocenters. The van der Waals surface area contributed by atoms with Crippen molar-refractivity contribution < 1.29 is 9.47 Å². The summed E-state index contributed by atoms with van der Waals surface area (Å²) in [5.41, 5.74) is 7.72. The van der Waals surface area contributed by atoms with Crippen LogP contribution >= 0.6 is 0 Å². The molecule has 2 aliphatic rings. The van der Waals surface area contributed by atoms with Crippen LogP contribution in [-0.2, 0) is 16.0 Å². The summed E-state index contributed by atoms with van der Waals surface area (Å²) >= 11 is 0. The first-order chi connectivity index (χ1) is 9.69. The van der Waals surface area contributed by atoms with Crippen LogP contribution in [0, 0.1) is 0 Å². The van der Waals surface area contributed by atoms with Crippen LogP contribution in [0.25, 0.3) is 0 Å². The number of likely N-dealkylation sites (N-methyl/N-ethyl adjacent to an activating group) is 1. The van der Waals surface area contributed by atoms with E-state index in [9.17, 15) is 0 Å². The van der Waals surface area contributed by atoms with E-state index in [0.717, 1.165) is 25.8 Å². The average molecular weight is 276 g/mol. The van der Waals surface area contributed by atoms with E-state index in [0.29, 0.717) is 19.3 Å². The summed E-state index contributed by atoms with van der Waals surface area (Å²) in [5, 5.41) is 0. The maximum Gasteiger partial charge on any atom is 0.170 e. The molecule has 1 saturated heterocycles. The Morgan fingerprint density at radius 3 is 2.60 bits per heavy atom. The highest BCUT2D eigenvalue weighted by Crippen LogP contribution is 2.36. The number of benzene rings is 1. The Balaban J connectivity index is 1.60. The van der Waals surface area contributed by atoms with Crippen molar-refractivity contribution in [3.63, 3.8) is 0 Å². The SMILES string of the molecule is CN(Cc1ccccc1)[C@H]1CCC2(C[C@@H]1N)OCCO2. The Labute approximate surface area is 120 Å². The lowest BCUT2D eigenvalue weighted by atomic mass is 9.85. The van der Waals surface area contributed by atoms with Gasteiger partial charge in [-0.25, -0.2) is 0 Å². The van der Waals surface area contributed by atoms with Crippen molar-refractivity contribution in [3.8, 4) is 0 Å². The molecule has 1 aromatic carbocycles. The van der Waals surface area contributed by atoms with E-state index in [-0.39, 0.29) is 11.8 Å². The molecule has 110 valence electrons. The zero-order valence-electron chi connectivity index (χ0n) is 12.1. The molecule has 2 N–H and O–H groups in total. The van der Waals surface area contributed by atoms with Crippen molar-refractivity contribution in [3.05, 3.63) is 35.9 Å². The Bertz CT molecular complexity index is 431. The topological polar surface area (TPSA) is 47.7 Å². The second-order valence-electron chi connectivity index (χ2n) is 5.98. The van der Waals surface area contributed by atoms with E-state index in [1.807, 2.05) is 6.07 Å². The third-order valence-electron chi connectivity index (χ3n) is 4.52. The molecule has 0 aromatic heterocycles. The monoisotopic (exact) mass is 276 g/mol. The first kappa shape index (κ1) is 14.0. The van der Waals surface area contributed by atoms with Crippen LogP contribution < -0.4 is 5.73 Å². The Kier molecular flexibility index (Phi) is 4.08. The van der Waals surface area contributed by atoms with Gasteiger partial charge in [0.05, 0.1) is 13.2 Å². The highest BCUT2D eigenvalue weighted by Gasteiger charge is 2.44. The molecule has 1 aliphatic heterocycles. The highest BCUT2D eigenvalue weighted by molar-refractivity contribution is 5.14. The van der Waals surface area contributed by atoms with Gasteiger partial charge >= 0.3 is 0 Å². The van der Waals surface area contributed by atoms with E-state index >= 15 is 0 Å². The minimum Gasteiger partial charge on any atom is -0.347 e. The van der Waals surface area contributed by atoms with Gasteiger partial charge in [0.25, 0.3) is 0 Å². The fourth-order valence-electron chi connectivity index (χ4n) is 3.47. The third-order valence-corrected chi connectivity index (χ3v) is 4.52. The number of hydrogen-bond acceptors (Lipinski definition) is 4. The van der Waals surface area contributed by atoms with Gasteiger partial charge in [-0.05, 0) is 19.0 Å². The molecule has 1 aliphatic carbocycles. The Hall–Kier alpha value is -0.940. The van der Waals surface area contributed by atoms with Gasteiger partial charge in [-0.1, -0.05) is 30.3 Å². The fraction of sp³-hybridized carbons (Fsp3) is 0.625. The van der Waals surface area contributed by atoms with Crippen molar-refractivity contribution in [1.29, 1.82) is 0 Å². The summed E-state index contributed by atoms with van der Waals surface area (Å²) in [6.45, 7) is 2.35. The molecule has 4 nitrogen and oxygen atoms in total. The molecular weight excluding hydrogens is 252 g/mol. The van der Waals surface area contributed by atoms with Crippen molar-refractivity contribution in [1.82, 2.24) is 4.90 Å². The molecule has 0 amide bonds. The normalized spacial score (nSPS) is 29.1. The molecule has 20 heavy (non-hydrogen) atoms. The summed E-state index contributed by atoms with van der Waals surface area (Å²) in [6, 6.07) is 11.0. The highest BCUT2D eigenvalue weighted by atomic mass is 16.7. The van der Waals surface area contributed by atoms with Gasteiger partial charge in [0.2, 0.25) is 0 Å². The van der Waals surface area contributed by atoms with Crippen LogP contribution in [0.3, 0.4) is 0 Å². The van der Waals surface area contributed by atoms with Crippen LogP contribution in [0.1, 0.15) is 24.8 Å². The Morgan fingerprint density at radius 1 is 1.25 bits per heavy atom. The lowest BCUT2D eigenvalue weighted by Crippen LogP contribution is -2.54. The van der Waals surface area contributed by atoms with Crippen LogP contribution in [0.15, 0.2) is 30.3 Å². The van der Waals surface area contributed by atoms with Gasteiger partial charge in [0.1, 0.15) is 0 Å². The number of nitrogens with two attached hydrogens (primary N) is 1. The minimum absolute atomic E-state index is 0.107. The standard InChI is InChI=1S/C16H24N2O2/c1-18(12-13-5-3-2-4-6-13)15-7-8-16(11-14(15)17)19-9-10-20-16/h2-6,14-15H,7-12,17H2,1H3/t14-,15-/m0/s1. The maximum absolute atomic E-state index is 6.39.